The van der Waals surface area contributed by atoms with E-state index in [0.717, 1.165) is 18.7 Å². The summed E-state index contributed by atoms with van der Waals surface area (Å²) in [6, 6.07) is 2.41. The predicted molar refractivity (Wildman–Crippen MR) is 122 cm³/mol. The van der Waals surface area contributed by atoms with Crippen LogP contribution in [-0.4, -0.2) is 48.5 Å². The van der Waals surface area contributed by atoms with Gasteiger partial charge >= 0.3 is 0 Å². The van der Waals surface area contributed by atoms with Crippen molar-refractivity contribution in [2.45, 2.75) is 56.5 Å². The molecular weight excluding hydrogens is 510 g/mol. The molecule has 0 spiro atoms. The molecule has 0 radical (unpaired) electrons. The number of nitrogens with zero attached hydrogens (tertiary/aromatic N) is 4. The van der Waals surface area contributed by atoms with Gasteiger partial charge in [-0.25, -0.2) is 17.6 Å². The number of carbonyl (C=O) groups is 3. The number of pyridine rings is 1. The molecule has 4 heterocycles. The molecule has 1 aliphatic heterocycles. The van der Waals surface area contributed by atoms with Crippen LogP contribution in [0.2, 0.25) is 0 Å². The zero-order chi connectivity index (χ0) is 27.0. The van der Waals surface area contributed by atoms with Gasteiger partial charge in [0, 0.05) is 42.7 Å². The highest BCUT2D eigenvalue weighted by Crippen LogP contribution is 2.55. The van der Waals surface area contributed by atoms with Crippen LogP contribution in [0.15, 0.2) is 24.5 Å². The number of amides is 2. The second kappa shape index (κ2) is 8.20. The lowest BCUT2D eigenvalue weighted by atomic mass is 9.71. The molecule has 2 atom stereocenters. The fraction of sp³-hybridized carbons (Fsp3) is 0.417. The molecule has 2 aliphatic carbocycles. The number of anilines is 1. The molecule has 3 N–H and O–H groups in total. The van der Waals surface area contributed by atoms with Gasteiger partial charge in [0.2, 0.25) is 0 Å². The number of hydrogen-bond donors (Lipinski definition) is 3. The van der Waals surface area contributed by atoms with Gasteiger partial charge < -0.3 is 15.2 Å². The van der Waals surface area contributed by atoms with Crippen LogP contribution < -0.4 is 10.6 Å². The maximum Gasteiger partial charge on any atom is 0.293 e. The van der Waals surface area contributed by atoms with Crippen LogP contribution >= 0.6 is 0 Å². The van der Waals surface area contributed by atoms with Crippen LogP contribution in [0.3, 0.4) is 0 Å². The van der Waals surface area contributed by atoms with Crippen molar-refractivity contribution < 1.29 is 31.9 Å². The molecule has 0 bridgehead atoms. The van der Waals surface area contributed by atoms with E-state index in [2.05, 4.69) is 31.0 Å². The summed E-state index contributed by atoms with van der Waals surface area (Å²) < 4.78 is 55.5. The zero-order valence-electron chi connectivity index (χ0n) is 19.9. The molecule has 2 amide bonds. The van der Waals surface area contributed by atoms with Crippen LogP contribution in [0.4, 0.5) is 23.2 Å². The van der Waals surface area contributed by atoms with Crippen molar-refractivity contribution in [2.24, 2.45) is 5.92 Å². The number of ketones is 1. The van der Waals surface area contributed by atoms with Crippen molar-refractivity contribution in [3.05, 3.63) is 58.4 Å². The van der Waals surface area contributed by atoms with Gasteiger partial charge in [0.1, 0.15) is 17.1 Å². The molecule has 10 nitrogen and oxygen atoms in total. The molecule has 1 unspecified atom stereocenters. The third kappa shape index (κ3) is 3.77. The van der Waals surface area contributed by atoms with Gasteiger partial charge in [-0.05, 0) is 43.4 Å². The Hall–Kier alpha value is -4.10. The standard InChI is InChI=1S/C24H21F4N7O3/c1-10-17(19(36)22(38)32-23(8-24(27,28)9-23)16-7-30-34-33-16)15-5-11-4-14(11)35(15)18(10)21(37)31-12-2-3-29-13(6-12)20(25)26/h2-3,6-7,11,14,20H,4-5,8-9H2,1H3,(H,32,38)(H,29,31,37)(H,30,33,34)/t11-,14?/m1/s1. The van der Waals surface area contributed by atoms with Gasteiger partial charge in [-0.2, -0.15) is 0 Å². The number of halogens is 4. The maximum atomic E-state index is 13.8. The second-order valence-electron chi connectivity index (χ2n) is 10.1. The minimum atomic E-state index is -3.04. The number of hydrogen-bond acceptors (Lipinski definition) is 6. The Bertz CT molecular complexity index is 1480. The molecule has 3 aromatic rings. The molecule has 2 saturated carbocycles. The van der Waals surface area contributed by atoms with E-state index in [9.17, 15) is 31.9 Å². The number of carbonyl (C=O) groups excluding carboxylic acids is 3. The first-order valence-corrected chi connectivity index (χ1v) is 11.9. The Kier molecular flexibility index (Phi) is 5.23. The molecule has 3 aliphatic rings. The first-order valence-electron chi connectivity index (χ1n) is 11.9. The van der Waals surface area contributed by atoms with Gasteiger partial charge in [0.05, 0.1) is 11.1 Å². The molecular formula is C24H21F4N7O3. The normalized spacial score (nSPS) is 21.8. The molecule has 3 aromatic heterocycles. The number of H-pyrrole nitrogens is 1. The Morgan fingerprint density at radius 2 is 2.00 bits per heavy atom. The number of aromatic nitrogens is 5. The summed E-state index contributed by atoms with van der Waals surface area (Å²) >= 11 is 0. The van der Waals surface area contributed by atoms with Crippen molar-refractivity contribution in [3.63, 3.8) is 0 Å². The highest BCUT2D eigenvalue weighted by molar-refractivity contribution is 6.44. The van der Waals surface area contributed by atoms with Gasteiger partial charge in [0.15, 0.2) is 0 Å². The summed E-state index contributed by atoms with van der Waals surface area (Å²) in [7, 11) is 0. The fourth-order valence-electron chi connectivity index (χ4n) is 5.76. The number of fused-ring (bicyclic) bond motifs is 3. The lowest BCUT2D eigenvalue weighted by molar-refractivity contribution is -0.148. The monoisotopic (exact) mass is 531 g/mol. The van der Waals surface area contributed by atoms with Gasteiger partial charge in [0.25, 0.3) is 29.9 Å². The Morgan fingerprint density at radius 1 is 1.24 bits per heavy atom. The summed E-state index contributed by atoms with van der Waals surface area (Å²) in [6.45, 7) is 1.53. The van der Waals surface area contributed by atoms with E-state index in [4.69, 9.17) is 0 Å². The number of alkyl halides is 4. The van der Waals surface area contributed by atoms with Crippen molar-refractivity contribution in [1.82, 2.24) is 30.3 Å². The van der Waals surface area contributed by atoms with Crippen LogP contribution in [-0.2, 0) is 16.8 Å². The van der Waals surface area contributed by atoms with Crippen molar-refractivity contribution in [3.8, 4) is 0 Å². The second-order valence-corrected chi connectivity index (χ2v) is 10.1. The Morgan fingerprint density at radius 3 is 2.66 bits per heavy atom. The number of aromatic amines is 1. The SMILES string of the molecule is Cc1c(C(=O)C(=O)NC2(c3c[nH]nn3)CC(F)(F)C2)c2n(c1C(=O)Nc1ccnc(C(F)F)c1)C1C[C@@H]1C2. The van der Waals surface area contributed by atoms with E-state index in [0.29, 0.717) is 12.1 Å². The predicted octanol–water partition coefficient (Wildman–Crippen LogP) is 3.24. The first kappa shape index (κ1) is 24.2. The summed E-state index contributed by atoms with van der Waals surface area (Å²) in [5, 5.41) is 14.7. The summed E-state index contributed by atoms with van der Waals surface area (Å²) in [6.07, 6.45) is -0.572. The van der Waals surface area contributed by atoms with Gasteiger partial charge in [-0.3, -0.25) is 24.5 Å². The van der Waals surface area contributed by atoms with Crippen LogP contribution in [0.25, 0.3) is 0 Å². The van der Waals surface area contributed by atoms with E-state index in [1.165, 1.54) is 19.2 Å². The molecule has 38 heavy (non-hydrogen) atoms. The van der Waals surface area contributed by atoms with E-state index in [1.807, 2.05) is 0 Å². The third-order valence-electron chi connectivity index (χ3n) is 7.51. The molecule has 6 rings (SSSR count). The minimum absolute atomic E-state index is 0.0186. The van der Waals surface area contributed by atoms with Gasteiger partial charge in [-0.1, -0.05) is 5.21 Å². The Labute approximate surface area is 212 Å². The molecule has 0 saturated heterocycles. The van der Waals surface area contributed by atoms with Crippen LogP contribution in [0.5, 0.6) is 0 Å². The average Bonchev–Trinajstić information content (AvgIpc) is 3.17. The molecule has 0 aromatic carbocycles. The van der Waals surface area contributed by atoms with Crippen molar-refractivity contribution in [2.75, 3.05) is 5.32 Å². The van der Waals surface area contributed by atoms with Crippen LogP contribution in [0, 0.1) is 12.8 Å². The van der Waals surface area contributed by atoms with E-state index >= 15 is 0 Å². The maximum absolute atomic E-state index is 13.8. The average molecular weight is 531 g/mol. The fourth-order valence-corrected chi connectivity index (χ4v) is 5.76. The lowest BCUT2D eigenvalue weighted by Crippen LogP contribution is -2.61. The summed E-state index contributed by atoms with van der Waals surface area (Å²) in [5.41, 5.74) is -0.893. The number of nitrogens with one attached hydrogen (secondary N) is 3. The smallest absolute Gasteiger partial charge is 0.293 e. The number of Topliss-reactive ketones (excluding diaryl/α,β-unsaturated/α-hetero) is 1. The van der Waals surface area contributed by atoms with Crippen molar-refractivity contribution >= 4 is 23.3 Å². The first-order chi connectivity index (χ1) is 18.0. The topological polar surface area (TPSA) is 135 Å². The summed E-state index contributed by atoms with van der Waals surface area (Å²) in [5.74, 6) is -5.49. The highest BCUT2D eigenvalue weighted by atomic mass is 19.3. The lowest BCUT2D eigenvalue weighted by Gasteiger charge is -2.46. The summed E-state index contributed by atoms with van der Waals surface area (Å²) in [4.78, 5) is 43.4. The zero-order valence-corrected chi connectivity index (χ0v) is 19.9. The quantitative estimate of drug-likeness (QED) is 0.244. The van der Waals surface area contributed by atoms with Crippen molar-refractivity contribution in [1.29, 1.82) is 0 Å². The molecule has 2 fully saturated rings. The van der Waals surface area contributed by atoms with E-state index in [-0.39, 0.29) is 40.2 Å². The van der Waals surface area contributed by atoms with E-state index < -0.39 is 54.0 Å². The minimum Gasteiger partial charge on any atom is -0.337 e. The van der Waals surface area contributed by atoms with E-state index in [1.54, 1.807) is 4.57 Å². The van der Waals surface area contributed by atoms with Gasteiger partial charge in [-0.15, -0.1) is 5.10 Å². The van der Waals surface area contributed by atoms with Crippen LogP contribution in [0.1, 0.15) is 75.2 Å². The molecule has 198 valence electrons. The Balaban J connectivity index is 1.30. The highest BCUT2D eigenvalue weighted by Gasteiger charge is 2.60. The molecule has 14 heteroatoms. The third-order valence-corrected chi connectivity index (χ3v) is 7.51. The largest absolute Gasteiger partial charge is 0.337 e. The number of rotatable bonds is 7.